The summed E-state index contributed by atoms with van der Waals surface area (Å²) >= 11 is 12.6. The molecular weight excluding hydrogens is 539 g/mol. The number of fused-ring (bicyclic) bond motifs is 1. The molecule has 0 bridgehead atoms. The first kappa shape index (κ1) is 29.5. The smallest absolute Gasteiger partial charge is 0.324 e. The number of carbonyl (C=O) groups is 2. The van der Waals surface area contributed by atoms with Gasteiger partial charge in [-0.2, -0.15) is 0 Å². The van der Waals surface area contributed by atoms with Gasteiger partial charge in [0.25, 0.3) is 0 Å². The van der Waals surface area contributed by atoms with Crippen LogP contribution in [0.5, 0.6) is 5.75 Å². The standard InChI is InChI=1S/C29H38Cl2N4O4/c1-20(2)28(32)29(37)39-19-35-25-18-22(10-8-21(25)9-11-26(35)36)38-17-4-3-12-33-13-15-34(16-14-33)24-7-5-6-23(30)27(24)31/h5-8,10,18,20,28H,3-4,9,11-17,19,32H2,1-2H3. The van der Waals surface area contributed by atoms with E-state index >= 15 is 0 Å². The molecule has 0 radical (unpaired) electrons. The highest BCUT2D eigenvalue weighted by atomic mass is 35.5. The van der Waals surface area contributed by atoms with Crippen molar-refractivity contribution in [1.82, 2.24) is 4.90 Å². The van der Waals surface area contributed by atoms with E-state index in [0.29, 0.717) is 35.2 Å². The van der Waals surface area contributed by atoms with Gasteiger partial charge in [-0.25, -0.2) is 0 Å². The zero-order valence-corrected chi connectivity index (χ0v) is 24.2. The Hall–Kier alpha value is -2.52. The summed E-state index contributed by atoms with van der Waals surface area (Å²) < 4.78 is 11.4. The second kappa shape index (κ2) is 13.7. The summed E-state index contributed by atoms with van der Waals surface area (Å²) in [7, 11) is 0. The Bertz CT molecular complexity index is 1150. The summed E-state index contributed by atoms with van der Waals surface area (Å²) in [5, 5.41) is 1.21. The van der Waals surface area contributed by atoms with Crippen molar-refractivity contribution in [3.05, 3.63) is 52.0 Å². The highest BCUT2D eigenvalue weighted by Gasteiger charge is 2.27. The van der Waals surface area contributed by atoms with Gasteiger partial charge in [-0.05, 0) is 55.5 Å². The molecule has 2 aromatic carbocycles. The van der Waals surface area contributed by atoms with Crippen molar-refractivity contribution < 1.29 is 19.1 Å². The summed E-state index contributed by atoms with van der Waals surface area (Å²) in [5.74, 6) is 0.0698. The molecule has 8 nitrogen and oxygen atoms in total. The molecule has 2 aliphatic rings. The molecule has 1 unspecified atom stereocenters. The molecule has 0 spiro atoms. The number of hydrogen-bond donors (Lipinski definition) is 1. The van der Waals surface area contributed by atoms with E-state index in [1.807, 2.05) is 50.2 Å². The van der Waals surface area contributed by atoms with Crippen LogP contribution < -0.4 is 20.3 Å². The van der Waals surface area contributed by atoms with E-state index < -0.39 is 12.0 Å². The molecule has 1 saturated heterocycles. The van der Waals surface area contributed by atoms with Crippen molar-refractivity contribution in [2.75, 3.05) is 55.9 Å². The van der Waals surface area contributed by atoms with Crippen LogP contribution in [0, 0.1) is 5.92 Å². The maximum atomic E-state index is 12.6. The molecule has 2 heterocycles. The lowest BCUT2D eigenvalue weighted by Gasteiger charge is -2.36. The van der Waals surface area contributed by atoms with E-state index in [1.54, 1.807) is 0 Å². The first-order valence-corrected chi connectivity index (χ1v) is 14.4. The van der Waals surface area contributed by atoms with Crippen LogP contribution in [-0.4, -0.2) is 68.9 Å². The predicted octanol–water partition coefficient (Wildman–Crippen LogP) is 4.74. The summed E-state index contributed by atoms with van der Waals surface area (Å²) in [6, 6.07) is 10.8. The molecule has 0 aliphatic carbocycles. The highest BCUT2D eigenvalue weighted by Crippen LogP contribution is 2.33. The largest absolute Gasteiger partial charge is 0.494 e. The number of benzene rings is 2. The van der Waals surface area contributed by atoms with Gasteiger partial charge in [0.15, 0.2) is 6.73 Å². The zero-order chi connectivity index (χ0) is 27.9. The number of nitrogens with two attached hydrogens (primary N) is 1. The third-order valence-electron chi connectivity index (χ3n) is 7.36. The minimum Gasteiger partial charge on any atom is -0.494 e. The molecule has 1 amide bonds. The SMILES string of the molecule is CC(C)C(N)C(=O)OCN1C(=O)CCc2ccc(OCCCCN3CCN(c4cccc(Cl)c4Cl)CC3)cc21. The fourth-order valence-electron chi connectivity index (χ4n) is 4.82. The van der Waals surface area contributed by atoms with Gasteiger partial charge < -0.3 is 20.1 Å². The number of hydrogen-bond acceptors (Lipinski definition) is 7. The first-order valence-electron chi connectivity index (χ1n) is 13.6. The van der Waals surface area contributed by atoms with Crippen molar-refractivity contribution >= 4 is 46.5 Å². The number of amides is 1. The Morgan fingerprint density at radius 2 is 1.79 bits per heavy atom. The summed E-state index contributed by atoms with van der Waals surface area (Å²) in [6.45, 7) is 8.95. The summed E-state index contributed by atoms with van der Waals surface area (Å²) in [5.41, 5.74) is 8.64. The minimum absolute atomic E-state index is 0.0422. The van der Waals surface area contributed by atoms with Crippen LogP contribution >= 0.6 is 23.2 Å². The summed E-state index contributed by atoms with van der Waals surface area (Å²) in [4.78, 5) is 31.1. The number of aryl methyl sites for hydroxylation is 1. The molecule has 2 aromatic rings. The van der Waals surface area contributed by atoms with Crippen molar-refractivity contribution in [3.8, 4) is 5.75 Å². The summed E-state index contributed by atoms with van der Waals surface area (Å²) in [6.07, 6.45) is 2.98. The monoisotopic (exact) mass is 576 g/mol. The van der Waals surface area contributed by atoms with E-state index in [9.17, 15) is 9.59 Å². The van der Waals surface area contributed by atoms with Gasteiger partial charge in [0.2, 0.25) is 5.91 Å². The van der Waals surface area contributed by atoms with Gasteiger partial charge in [0.1, 0.15) is 11.8 Å². The quantitative estimate of drug-likeness (QED) is 0.305. The van der Waals surface area contributed by atoms with Crippen LogP contribution in [0.4, 0.5) is 11.4 Å². The second-order valence-corrected chi connectivity index (χ2v) is 11.2. The van der Waals surface area contributed by atoms with Crippen molar-refractivity contribution in [2.45, 2.75) is 45.6 Å². The Morgan fingerprint density at radius 3 is 2.54 bits per heavy atom. The number of ether oxygens (including phenoxy) is 2. The molecule has 0 saturated carbocycles. The number of halogens is 2. The molecule has 0 aromatic heterocycles. The van der Waals surface area contributed by atoms with E-state index in [2.05, 4.69) is 9.80 Å². The number of rotatable bonds is 11. The van der Waals surface area contributed by atoms with E-state index in [-0.39, 0.29) is 18.6 Å². The van der Waals surface area contributed by atoms with Crippen LogP contribution in [0.15, 0.2) is 36.4 Å². The van der Waals surface area contributed by atoms with Crippen LogP contribution in [0.2, 0.25) is 10.0 Å². The highest BCUT2D eigenvalue weighted by molar-refractivity contribution is 6.43. The van der Waals surface area contributed by atoms with E-state index in [1.165, 1.54) is 4.90 Å². The van der Waals surface area contributed by atoms with Crippen LogP contribution in [0.1, 0.15) is 38.7 Å². The zero-order valence-electron chi connectivity index (χ0n) is 22.7. The number of anilines is 2. The van der Waals surface area contributed by atoms with Gasteiger partial charge >= 0.3 is 5.97 Å². The number of nitrogens with zero attached hydrogens (tertiary/aromatic N) is 3. The molecule has 2 N–H and O–H groups in total. The van der Waals surface area contributed by atoms with Crippen LogP contribution in [0.25, 0.3) is 0 Å². The van der Waals surface area contributed by atoms with Gasteiger partial charge in [0.05, 0.1) is 28.0 Å². The number of piperazine rings is 1. The molecule has 39 heavy (non-hydrogen) atoms. The Labute approximate surface area is 240 Å². The fraction of sp³-hybridized carbons (Fsp3) is 0.517. The maximum absolute atomic E-state index is 12.6. The lowest BCUT2D eigenvalue weighted by Crippen LogP contribution is -2.46. The van der Waals surface area contributed by atoms with Crippen molar-refractivity contribution in [3.63, 3.8) is 0 Å². The third-order valence-corrected chi connectivity index (χ3v) is 8.17. The molecule has 10 heteroatoms. The molecular formula is C29H38Cl2N4O4. The molecule has 1 fully saturated rings. The van der Waals surface area contributed by atoms with Gasteiger partial charge in [-0.3, -0.25) is 19.4 Å². The normalized spacial score (nSPS) is 16.8. The Balaban J connectivity index is 1.21. The number of esters is 1. The molecule has 4 rings (SSSR count). The minimum atomic E-state index is -0.718. The Morgan fingerprint density at radius 1 is 1.03 bits per heavy atom. The maximum Gasteiger partial charge on any atom is 0.324 e. The van der Waals surface area contributed by atoms with Crippen LogP contribution in [-0.2, 0) is 20.7 Å². The average molecular weight is 578 g/mol. The molecule has 212 valence electrons. The third kappa shape index (κ3) is 7.57. The lowest BCUT2D eigenvalue weighted by atomic mass is 10.0. The van der Waals surface area contributed by atoms with Crippen molar-refractivity contribution in [1.29, 1.82) is 0 Å². The average Bonchev–Trinajstić information content (AvgIpc) is 2.93. The van der Waals surface area contributed by atoms with E-state index in [4.69, 9.17) is 38.4 Å². The van der Waals surface area contributed by atoms with Crippen molar-refractivity contribution in [2.24, 2.45) is 11.7 Å². The van der Waals surface area contributed by atoms with Gasteiger partial charge in [-0.15, -0.1) is 0 Å². The van der Waals surface area contributed by atoms with Gasteiger partial charge in [-0.1, -0.05) is 49.2 Å². The number of unbranched alkanes of at least 4 members (excludes halogenated alkanes) is 1. The van der Waals surface area contributed by atoms with E-state index in [0.717, 1.165) is 62.5 Å². The van der Waals surface area contributed by atoms with Crippen LogP contribution in [0.3, 0.4) is 0 Å². The first-order chi connectivity index (χ1) is 18.7. The fourth-order valence-corrected chi connectivity index (χ4v) is 5.24. The topological polar surface area (TPSA) is 88.3 Å². The Kier molecular flexibility index (Phi) is 10.4. The lowest BCUT2D eigenvalue weighted by molar-refractivity contribution is -0.146. The molecule has 1 atom stereocenters. The number of carbonyl (C=O) groups excluding carboxylic acids is 2. The predicted molar refractivity (Wildman–Crippen MR) is 156 cm³/mol. The molecule has 2 aliphatic heterocycles. The second-order valence-electron chi connectivity index (χ2n) is 10.4. The van der Waals surface area contributed by atoms with Gasteiger partial charge in [0, 0.05) is 38.7 Å².